The van der Waals surface area contributed by atoms with Crippen LogP contribution in [0.1, 0.15) is 19.8 Å². The van der Waals surface area contributed by atoms with Gasteiger partial charge in [-0.2, -0.15) is 0 Å². The number of piperidine rings is 1. The van der Waals surface area contributed by atoms with Crippen molar-refractivity contribution in [3.05, 3.63) is 54.7 Å². The lowest BCUT2D eigenvalue weighted by atomic mass is 10.0. The van der Waals surface area contributed by atoms with E-state index < -0.39 is 15.6 Å². The highest BCUT2D eigenvalue weighted by molar-refractivity contribution is 7.91. The van der Waals surface area contributed by atoms with Crippen LogP contribution in [0.4, 0.5) is 5.69 Å². The molecule has 2 aromatic carbocycles. The van der Waals surface area contributed by atoms with Crippen LogP contribution in [0.25, 0.3) is 10.9 Å². The zero-order valence-corrected chi connectivity index (χ0v) is 18.9. The molecule has 3 heterocycles. The zero-order valence-electron chi connectivity index (χ0n) is 18.0. The molecule has 0 unspecified atom stereocenters. The van der Waals surface area contributed by atoms with Crippen LogP contribution >= 0.6 is 0 Å². The maximum atomic E-state index is 13.7. The van der Waals surface area contributed by atoms with E-state index in [0.29, 0.717) is 57.2 Å². The zero-order chi connectivity index (χ0) is 22.2. The van der Waals surface area contributed by atoms with E-state index in [0.717, 1.165) is 10.9 Å². The summed E-state index contributed by atoms with van der Waals surface area (Å²) in [6.07, 6.45) is 2.97. The molecular weight excluding hydrogens is 428 g/mol. The van der Waals surface area contributed by atoms with Crippen molar-refractivity contribution in [3.63, 3.8) is 0 Å². The second-order valence-corrected chi connectivity index (χ2v) is 9.97. The third-order valence-electron chi connectivity index (χ3n) is 6.15. The van der Waals surface area contributed by atoms with Gasteiger partial charge in [0.15, 0.2) is 16.9 Å². The number of nitrogens with zero attached hydrogens (tertiary/aromatic N) is 1. The topological polar surface area (TPSA) is 79.2 Å². The number of hydrogen-bond acceptors (Lipinski definition) is 6. The molecule has 0 aliphatic carbocycles. The Morgan fingerprint density at radius 1 is 1.06 bits per heavy atom. The monoisotopic (exact) mass is 455 g/mol. The van der Waals surface area contributed by atoms with Gasteiger partial charge in [0.05, 0.1) is 35.8 Å². The average molecular weight is 456 g/mol. The van der Waals surface area contributed by atoms with Gasteiger partial charge in [0.2, 0.25) is 15.4 Å². The first-order valence-electron chi connectivity index (χ1n) is 11.0. The number of rotatable bonds is 5. The predicted molar refractivity (Wildman–Crippen MR) is 120 cm³/mol. The van der Waals surface area contributed by atoms with Gasteiger partial charge >= 0.3 is 0 Å². The number of aromatic nitrogens is 1. The minimum absolute atomic E-state index is 0.258. The molecule has 1 spiro atoms. The summed E-state index contributed by atoms with van der Waals surface area (Å²) < 4.78 is 44.8. The molecule has 2 fully saturated rings. The Hall–Kier alpha value is -2.68. The summed E-state index contributed by atoms with van der Waals surface area (Å²) in [7, 11) is -3.74. The lowest BCUT2D eigenvalue weighted by Crippen LogP contribution is -2.45. The summed E-state index contributed by atoms with van der Waals surface area (Å²) in [5.41, 5.74) is 1.54. The van der Waals surface area contributed by atoms with Gasteiger partial charge in [0, 0.05) is 32.0 Å². The molecule has 0 saturated carbocycles. The second-order valence-electron chi connectivity index (χ2n) is 8.05. The molecule has 0 amide bonds. The lowest BCUT2D eigenvalue weighted by Gasteiger charge is -2.39. The fraction of sp³-hybridized carbons (Fsp3) is 0.375. The maximum Gasteiger partial charge on any atom is 0.214 e. The molecule has 2 aliphatic heterocycles. The van der Waals surface area contributed by atoms with E-state index in [9.17, 15) is 8.42 Å². The van der Waals surface area contributed by atoms with Crippen LogP contribution < -0.4 is 14.6 Å². The summed E-state index contributed by atoms with van der Waals surface area (Å²) in [5.74, 6) is 0.169. The Kier molecular flexibility index (Phi) is 5.53. The van der Waals surface area contributed by atoms with Crippen molar-refractivity contribution in [1.29, 1.82) is 0 Å². The van der Waals surface area contributed by atoms with E-state index in [1.54, 1.807) is 30.5 Å². The molecule has 0 radical (unpaired) electrons. The van der Waals surface area contributed by atoms with Gasteiger partial charge in [-0.25, -0.2) is 13.4 Å². The largest absolute Gasteiger partial charge is 0.494 e. The summed E-state index contributed by atoms with van der Waals surface area (Å²) in [6, 6.07) is 14.3. The van der Waals surface area contributed by atoms with Gasteiger partial charge in [-0.3, -0.25) is 0 Å². The van der Waals surface area contributed by atoms with Gasteiger partial charge < -0.3 is 19.1 Å². The lowest BCUT2D eigenvalue weighted by molar-refractivity contribution is -0.347. The van der Waals surface area contributed by atoms with Crippen molar-refractivity contribution < 1.29 is 27.6 Å². The van der Waals surface area contributed by atoms with E-state index >= 15 is 0 Å². The van der Waals surface area contributed by atoms with Crippen LogP contribution in [0.15, 0.2) is 64.5 Å². The van der Waals surface area contributed by atoms with Crippen LogP contribution in [0, 0.1) is 0 Å². The number of benzene rings is 2. The number of nitrogens with one attached hydrogen (secondary N) is 1. The second kappa shape index (κ2) is 8.35. The molecule has 1 N–H and O–H groups in total. The van der Waals surface area contributed by atoms with Crippen LogP contribution in [0.3, 0.4) is 0 Å². The van der Waals surface area contributed by atoms with Gasteiger partial charge in [-0.1, -0.05) is 18.2 Å². The van der Waals surface area contributed by atoms with Gasteiger partial charge in [0.1, 0.15) is 5.75 Å². The molecule has 32 heavy (non-hydrogen) atoms. The minimum Gasteiger partial charge on any atom is -0.494 e. The third kappa shape index (κ3) is 3.72. The number of pyridine rings is 1. The van der Waals surface area contributed by atoms with Crippen molar-refractivity contribution in [3.8, 4) is 5.75 Å². The number of sulfone groups is 1. The average Bonchev–Trinajstić information content (AvgIpc) is 3.27. The van der Waals surface area contributed by atoms with Crippen LogP contribution in [0.2, 0.25) is 0 Å². The predicted octanol–water partition coefficient (Wildman–Crippen LogP) is 3.23. The van der Waals surface area contributed by atoms with Gasteiger partial charge in [0.25, 0.3) is 0 Å². The van der Waals surface area contributed by atoms with Crippen molar-refractivity contribution in [1.82, 2.24) is 0 Å². The Morgan fingerprint density at radius 3 is 2.47 bits per heavy atom. The summed E-state index contributed by atoms with van der Waals surface area (Å²) >= 11 is 0. The molecule has 5 rings (SSSR count). The fourth-order valence-corrected chi connectivity index (χ4v) is 6.04. The molecule has 7 nitrogen and oxygen atoms in total. The highest BCUT2D eigenvalue weighted by Crippen LogP contribution is 2.40. The summed E-state index contributed by atoms with van der Waals surface area (Å²) in [5, 5.41) is 0.817. The Morgan fingerprint density at radius 2 is 1.78 bits per heavy atom. The van der Waals surface area contributed by atoms with Crippen molar-refractivity contribution in [2.75, 3.05) is 37.8 Å². The van der Waals surface area contributed by atoms with Crippen LogP contribution in [0.5, 0.6) is 5.75 Å². The summed E-state index contributed by atoms with van der Waals surface area (Å²) in [4.78, 5) is 5.85. The molecule has 2 saturated heterocycles. The van der Waals surface area contributed by atoms with Gasteiger partial charge in [-0.15, -0.1) is 0 Å². The molecule has 168 valence electrons. The molecule has 1 aromatic heterocycles. The number of H-pyrrole nitrogens is 1. The highest BCUT2D eigenvalue weighted by Gasteiger charge is 2.41. The fourth-order valence-electron chi connectivity index (χ4n) is 4.56. The number of ether oxygens (including phenoxy) is 3. The van der Waals surface area contributed by atoms with E-state index in [1.807, 2.05) is 31.2 Å². The number of anilines is 1. The highest BCUT2D eigenvalue weighted by atomic mass is 32.2. The van der Waals surface area contributed by atoms with E-state index in [4.69, 9.17) is 14.2 Å². The quantitative estimate of drug-likeness (QED) is 0.588. The molecule has 8 heteroatoms. The molecule has 3 aromatic rings. The van der Waals surface area contributed by atoms with E-state index in [1.165, 1.54) is 0 Å². The maximum absolute atomic E-state index is 13.7. The van der Waals surface area contributed by atoms with Gasteiger partial charge in [-0.05, 0) is 31.2 Å². The smallest absolute Gasteiger partial charge is 0.214 e. The Labute approximate surface area is 187 Å². The SMILES string of the molecule is CCOc1ccc2[nH+]cc(S(=O)(=O)c3ccccc3)c(N3CCC4(CC3)OCCO4)c2c1. The first-order valence-corrected chi connectivity index (χ1v) is 12.4. The Bertz CT molecular complexity index is 1210. The normalized spacial score (nSPS) is 18.3. The van der Waals surface area contributed by atoms with Crippen molar-refractivity contribution in [2.45, 2.75) is 35.3 Å². The standard InChI is InChI=1S/C24H26N2O5S/c1-2-29-18-8-9-21-20(16-18)23(26-12-10-24(11-13-26)30-14-15-31-24)22(17-25-21)32(27,28)19-6-4-3-5-7-19/h3-9,16-17H,2,10-15H2,1H3/p+1. The number of aromatic amines is 1. The number of hydrogen-bond donors (Lipinski definition) is 0. The molecule has 0 bridgehead atoms. The molecular formula is C24H27N2O5S+. The number of fused-ring (bicyclic) bond motifs is 1. The van der Waals surface area contributed by atoms with Crippen LogP contribution in [-0.2, 0) is 19.3 Å². The van der Waals surface area contributed by atoms with E-state index in [-0.39, 0.29) is 9.79 Å². The third-order valence-corrected chi connectivity index (χ3v) is 7.93. The summed E-state index contributed by atoms with van der Waals surface area (Å²) in [6.45, 7) is 4.94. The first-order chi connectivity index (χ1) is 15.5. The molecule has 0 atom stereocenters. The minimum atomic E-state index is -3.74. The van der Waals surface area contributed by atoms with Crippen molar-refractivity contribution in [2.24, 2.45) is 0 Å². The van der Waals surface area contributed by atoms with Crippen molar-refractivity contribution >= 4 is 26.4 Å². The van der Waals surface area contributed by atoms with Crippen LogP contribution in [-0.4, -0.2) is 47.1 Å². The first kappa shape index (κ1) is 21.2. The van der Waals surface area contributed by atoms with E-state index in [2.05, 4.69) is 9.88 Å². The molecule has 2 aliphatic rings. The Balaban J connectivity index is 1.65.